The Morgan fingerprint density at radius 3 is 2.41 bits per heavy atom. The van der Waals surface area contributed by atoms with Crippen LogP contribution < -0.4 is 4.74 Å². The number of hydrogen-bond donors (Lipinski definition) is 0. The molecule has 2 rings (SSSR count). The summed E-state index contributed by atoms with van der Waals surface area (Å²) >= 11 is 0. The molecule has 2 aromatic rings. The molecule has 0 N–H and O–H groups in total. The molecule has 0 unspecified atom stereocenters. The van der Waals surface area contributed by atoms with Crippen molar-refractivity contribution in [1.82, 2.24) is 0 Å². The van der Waals surface area contributed by atoms with E-state index in [1.54, 1.807) is 6.07 Å². The van der Waals surface area contributed by atoms with Crippen molar-refractivity contribution in [3.8, 4) is 16.9 Å². The lowest BCUT2D eigenvalue weighted by atomic mass is 10.0. The molecule has 0 aliphatic carbocycles. The third-order valence-corrected chi connectivity index (χ3v) is 3.16. The van der Waals surface area contributed by atoms with Gasteiger partial charge in [-0.3, -0.25) is 4.79 Å². The van der Waals surface area contributed by atoms with Gasteiger partial charge in [0.2, 0.25) is 0 Å². The average molecular weight is 302 g/mol. The summed E-state index contributed by atoms with van der Waals surface area (Å²) < 4.78 is 24.2. The highest BCUT2D eigenvalue weighted by atomic mass is 19.1. The second kappa shape index (κ2) is 8.29. The predicted molar refractivity (Wildman–Crippen MR) is 83.8 cm³/mol. The topological polar surface area (TPSA) is 35.5 Å². The Morgan fingerprint density at radius 2 is 1.73 bits per heavy atom. The molecule has 0 atom stereocenters. The van der Waals surface area contributed by atoms with Crippen LogP contribution in [-0.4, -0.2) is 26.1 Å². The third-order valence-electron chi connectivity index (χ3n) is 3.16. The molecule has 0 saturated heterocycles. The quantitative estimate of drug-likeness (QED) is 0.544. The van der Waals surface area contributed by atoms with E-state index in [1.807, 2.05) is 24.3 Å². The zero-order valence-corrected chi connectivity index (χ0v) is 12.5. The summed E-state index contributed by atoms with van der Waals surface area (Å²) in [5.74, 6) is 0.243. The third kappa shape index (κ3) is 4.40. The standard InChI is InChI=1S/C18H19FO3/c1-2-9-21-10-11-22-17-6-3-14(4-7-17)15-5-8-18(19)16(12-15)13-20/h3-8,12-13H,2,9-11H2,1H3. The average Bonchev–Trinajstić information content (AvgIpc) is 2.56. The van der Waals surface area contributed by atoms with Crippen LogP contribution in [0.5, 0.6) is 5.75 Å². The molecule has 0 saturated carbocycles. The summed E-state index contributed by atoms with van der Waals surface area (Å²) in [4.78, 5) is 10.8. The second-order valence-corrected chi connectivity index (χ2v) is 4.84. The highest BCUT2D eigenvalue weighted by molar-refractivity contribution is 5.79. The first-order valence-corrected chi connectivity index (χ1v) is 7.30. The van der Waals surface area contributed by atoms with Gasteiger partial charge in [0, 0.05) is 6.61 Å². The van der Waals surface area contributed by atoms with E-state index in [1.165, 1.54) is 12.1 Å². The molecular weight excluding hydrogens is 283 g/mol. The van der Waals surface area contributed by atoms with Gasteiger partial charge in [-0.2, -0.15) is 0 Å². The number of aldehydes is 1. The van der Waals surface area contributed by atoms with Crippen molar-refractivity contribution >= 4 is 6.29 Å². The van der Waals surface area contributed by atoms with Crippen LogP contribution in [0.1, 0.15) is 23.7 Å². The first-order valence-electron chi connectivity index (χ1n) is 7.30. The number of benzene rings is 2. The number of halogens is 1. The lowest BCUT2D eigenvalue weighted by molar-refractivity contribution is 0.101. The number of hydrogen-bond acceptors (Lipinski definition) is 3. The van der Waals surface area contributed by atoms with E-state index in [-0.39, 0.29) is 5.56 Å². The molecular formula is C18H19FO3. The van der Waals surface area contributed by atoms with Crippen LogP contribution in [0.4, 0.5) is 4.39 Å². The molecule has 3 nitrogen and oxygen atoms in total. The van der Waals surface area contributed by atoms with Crippen LogP contribution in [0.15, 0.2) is 42.5 Å². The number of ether oxygens (including phenoxy) is 2. The molecule has 2 aromatic carbocycles. The smallest absolute Gasteiger partial charge is 0.153 e. The summed E-state index contributed by atoms with van der Waals surface area (Å²) in [7, 11) is 0. The molecule has 0 radical (unpaired) electrons. The van der Waals surface area contributed by atoms with Gasteiger partial charge in [0.15, 0.2) is 6.29 Å². The van der Waals surface area contributed by atoms with Gasteiger partial charge in [-0.1, -0.05) is 25.1 Å². The number of rotatable bonds is 8. The largest absolute Gasteiger partial charge is 0.491 e. The number of carbonyl (C=O) groups is 1. The first-order chi connectivity index (χ1) is 10.7. The molecule has 0 amide bonds. The molecule has 0 fully saturated rings. The van der Waals surface area contributed by atoms with Crippen LogP contribution in [0.3, 0.4) is 0 Å². The van der Waals surface area contributed by atoms with E-state index >= 15 is 0 Å². The Labute approximate surface area is 129 Å². The van der Waals surface area contributed by atoms with E-state index in [0.717, 1.165) is 29.9 Å². The maximum absolute atomic E-state index is 13.3. The summed E-state index contributed by atoms with van der Waals surface area (Å²) in [6.07, 6.45) is 1.52. The molecule has 22 heavy (non-hydrogen) atoms. The van der Waals surface area contributed by atoms with Gasteiger partial charge in [0.1, 0.15) is 18.2 Å². The Balaban J connectivity index is 1.98. The Bertz CT molecular complexity index is 608. The van der Waals surface area contributed by atoms with Crippen LogP contribution in [0, 0.1) is 5.82 Å². The molecule has 0 spiro atoms. The molecule has 4 heteroatoms. The first kappa shape index (κ1) is 16.2. The van der Waals surface area contributed by atoms with Gasteiger partial charge in [0.25, 0.3) is 0 Å². The fourth-order valence-electron chi connectivity index (χ4n) is 2.02. The minimum Gasteiger partial charge on any atom is -0.491 e. The molecule has 0 aliphatic rings. The van der Waals surface area contributed by atoms with Crippen molar-refractivity contribution in [2.75, 3.05) is 19.8 Å². The maximum Gasteiger partial charge on any atom is 0.153 e. The summed E-state index contributed by atoms with van der Waals surface area (Å²) in [5.41, 5.74) is 1.75. The van der Waals surface area contributed by atoms with Gasteiger partial charge in [-0.25, -0.2) is 4.39 Å². The van der Waals surface area contributed by atoms with Gasteiger partial charge >= 0.3 is 0 Å². The van der Waals surface area contributed by atoms with Crippen molar-refractivity contribution in [2.45, 2.75) is 13.3 Å². The van der Waals surface area contributed by atoms with Crippen LogP contribution in [0.25, 0.3) is 11.1 Å². The van der Waals surface area contributed by atoms with Crippen molar-refractivity contribution in [3.63, 3.8) is 0 Å². The summed E-state index contributed by atoms with van der Waals surface area (Å²) in [6.45, 7) is 3.87. The minimum absolute atomic E-state index is 0.0610. The van der Waals surface area contributed by atoms with E-state index in [2.05, 4.69) is 6.92 Å². The van der Waals surface area contributed by atoms with Crippen LogP contribution >= 0.6 is 0 Å². The highest BCUT2D eigenvalue weighted by Gasteiger charge is 2.04. The molecule has 116 valence electrons. The number of carbonyl (C=O) groups excluding carboxylic acids is 1. The fraction of sp³-hybridized carbons (Fsp3) is 0.278. The highest BCUT2D eigenvalue weighted by Crippen LogP contribution is 2.24. The molecule has 0 heterocycles. The van der Waals surface area contributed by atoms with Crippen molar-refractivity contribution < 1.29 is 18.7 Å². The van der Waals surface area contributed by atoms with Crippen LogP contribution in [-0.2, 0) is 4.74 Å². The molecule has 0 aromatic heterocycles. The van der Waals surface area contributed by atoms with Crippen molar-refractivity contribution in [3.05, 3.63) is 53.8 Å². The van der Waals surface area contributed by atoms with E-state index in [9.17, 15) is 9.18 Å². The monoisotopic (exact) mass is 302 g/mol. The van der Waals surface area contributed by atoms with E-state index < -0.39 is 5.82 Å². The Morgan fingerprint density at radius 1 is 1.00 bits per heavy atom. The van der Waals surface area contributed by atoms with Crippen LogP contribution in [0.2, 0.25) is 0 Å². The summed E-state index contributed by atoms with van der Waals surface area (Å²) in [6, 6.07) is 11.9. The van der Waals surface area contributed by atoms with Crippen molar-refractivity contribution in [2.24, 2.45) is 0 Å². The lowest BCUT2D eigenvalue weighted by Gasteiger charge is -2.08. The Hall–Kier alpha value is -2.20. The van der Waals surface area contributed by atoms with Gasteiger partial charge < -0.3 is 9.47 Å². The molecule has 0 aliphatic heterocycles. The fourth-order valence-corrected chi connectivity index (χ4v) is 2.02. The van der Waals surface area contributed by atoms with E-state index in [4.69, 9.17) is 9.47 Å². The lowest BCUT2D eigenvalue weighted by Crippen LogP contribution is -2.06. The zero-order valence-electron chi connectivity index (χ0n) is 12.5. The Kier molecular flexibility index (Phi) is 6.10. The predicted octanol–water partition coefficient (Wildman–Crippen LogP) is 4.11. The normalized spacial score (nSPS) is 10.5. The maximum atomic E-state index is 13.3. The second-order valence-electron chi connectivity index (χ2n) is 4.84. The summed E-state index contributed by atoms with van der Waals surface area (Å²) in [5, 5.41) is 0. The zero-order chi connectivity index (χ0) is 15.8. The SMILES string of the molecule is CCCOCCOc1ccc(-c2ccc(F)c(C=O)c2)cc1. The van der Waals surface area contributed by atoms with Crippen molar-refractivity contribution in [1.29, 1.82) is 0 Å². The van der Waals surface area contributed by atoms with Gasteiger partial charge in [0.05, 0.1) is 12.2 Å². The van der Waals surface area contributed by atoms with E-state index in [0.29, 0.717) is 19.5 Å². The molecule has 0 bridgehead atoms. The van der Waals surface area contributed by atoms with Gasteiger partial charge in [-0.15, -0.1) is 0 Å². The van der Waals surface area contributed by atoms with Gasteiger partial charge in [-0.05, 0) is 41.8 Å². The minimum atomic E-state index is -0.509.